The first-order valence-electron chi connectivity index (χ1n) is 7.75. The van der Waals surface area contributed by atoms with E-state index in [1.54, 1.807) is 16.0 Å². The molecule has 6 nitrogen and oxygen atoms in total. The number of nitrogens with zero attached hydrogens (tertiary/aromatic N) is 2. The predicted octanol–water partition coefficient (Wildman–Crippen LogP) is 2.17. The molecule has 0 aromatic rings. The molecule has 0 aromatic carbocycles. The van der Waals surface area contributed by atoms with Gasteiger partial charge in [-0.3, -0.25) is 0 Å². The van der Waals surface area contributed by atoms with Crippen LogP contribution in [0.15, 0.2) is 12.3 Å². The van der Waals surface area contributed by atoms with Gasteiger partial charge in [-0.25, -0.2) is 9.59 Å². The number of urea groups is 1. The Kier molecular flexibility index (Phi) is 5.90. The normalized spacial score (nSPS) is 20.6. The lowest BCUT2D eigenvalue weighted by atomic mass is 9.89. The maximum Gasteiger partial charge on any atom is 0.409 e. The van der Waals surface area contributed by atoms with Crippen LogP contribution in [0.5, 0.6) is 0 Å². The summed E-state index contributed by atoms with van der Waals surface area (Å²) in [6.07, 6.45) is 9.94. The zero-order chi connectivity index (χ0) is 15.1. The molecule has 0 atom stereocenters. The third-order valence-corrected chi connectivity index (χ3v) is 4.22. The van der Waals surface area contributed by atoms with Crippen molar-refractivity contribution in [3.63, 3.8) is 0 Å². The van der Waals surface area contributed by atoms with E-state index in [4.69, 9.17) is 0 Å². The number of piperazine rings is 1. The largest absolute Gasteiger partial charge is 0.453 e. The van der Waals surface area contributed by atoms with E-state index in [9.17, 15) is 9.59 Å². The van der Waals surface area contributed by atoms with Gasteiger partial charge in [0.1, 0.15) is 0 Å². The van der Waals surface area contributed by atoms with Crippen LogP contribution >= 0.6 is 0 Å². The van der Waals surface area contributed by atoms with Crippen LogP contribution in [0.1, 0.15) is 32.1 Å². The van der Waals surface area contributed by atoms with Crippen molar-refractivity contribution in [2.75, 3.05) is 33.3 Å². The molecule has 2 fully saturated rings. The molecule has 2 rings (SSSR count). The first kappa shape index (κ1) is 15.7. The monoisotopic (exact) mass is 295 g/mol. The van der Waals surface area contributed by atoms with Gasteiger partial charge in [-0.1, -0.05) is 25.3 Å². The number of methoxy groups -OCH3 is 1. The van der Waals surface area contributed by atoms with Crippen LogP contribution < -0.4 is 5.32 Å². The first-order chi connectivity index (χ1) is 10.2. The van der Waals surface area contributed by atoms with Crippen LogP contribution in [0, 0.1) is 5.92 Å². The standard InChI is InChI=1S/C15H25N3O3/c1-21-15(20)18-11-9-17(10-12-18)14(19)16-8-7-13-5-3-2-4-6-13/h7-8,13H,2-6,9-12H2,1H3,(H,16,19)/b8-7+. The van der Waals surface area contributed by atoms with Crippen LogP contribution in [0.4, 0.5) is 9.59 Å². The van der Waals surface area contributed by atoms with Gasteiger partial charge in [-0.15, -0.1) is 0 Å². The Morgan fingerprint density at radius 2 is 1.67 bits per heavy atom. The third kappa shape index (κ3) is 4.65. The predicted molar refractivity (Wildman–Crippen MR) is 79.8 cm³/mol. The summed E-state index contributed by atoms with van der Waals surface area (Å²) < 4.78 is 4.67. The lowest BCUT2D eigenvalue weighted by Gasteiger charge is -2.33. The number of ether oxygens (including phenoxy) is 1. The second-order valence-corrected chi connectivity index (χ2v) is 5.65. The van der Waals surface area contributed by atoms with E-state index in [2.05, 4.69) is 16.1 Å². The highest BCUT2D eigenvalue weighted by molar-refractivity contribution is 5.75. The van der Waals surface area contributed by atoms with E-state index < -0.39 is 0 Å². The van der Waals surface area contributed by atoms with Crippen LogP contribution in [0.25, 0.3) is 0 Å². The van der Waals surface area contributed by atoms with Crippen molar-refractivity contribution in [1.29, 1.82) is 0 Å². The van der Waals surface area contributed by atoms with Gasteiger partial charge in [0, 0.05) is 32.4 Å². The Morgan fingerprint density at radius 3 is 2.29 bits per heavy atom. The van der Waals surface area contributed by atoms with E-state index in [1.807, 2.05) is 0 Å². The van der Waals surface area contributed by atoms with Crippen LogP contribution in [-0.2, 0) is 4.74 Å². The second kappa shape index (κ2) is 7.90. The quantitative estimate of drug-likeness (QED) is 0.849. The van der Waals surface area contributed by atoms with Crippen LogP contribution in [0.2, 0.25) is 0 Å². The van der Waals surface area contributed by atoms with Gasteiger partial charge < -0.3 is 19.9 Å². The first-order valence-corrected chi connectivity index (χ1v) is 7.75. The van der Waals surface area contributed by atoms with Crippen molar-refractivity contribution >= 4 is 12.1 Å². The van der Waals surface area contributed by atoms with Crippen molar-refractivity contribution in [2.45, 2.75) is 32.1 Å². The van der Waals surface area contributed by atoms with E-state index in [0.29, 0.717) is 32.1 Å². The number of allylic oxidation sites excluding steroid dienone is 1. The van der Waals surface area contributed by atoms with Gasteiger partial charge in [-0.2, -0.15) is 0 Å². The summed E-state index contributed by atoms with van der Waals surface area (Å²) in [7, 11) is 1.37. The topological polar surface area (TPSA) is 61.9 Å². The Balaban J connectivity index is 1.69. The Bertz CT molecular complexity index is 384. The van der Waals surface area contributed by atoms with Crippen molar-refractivity contribution in [3.8, 4) is 0 Å². The summed E-state index contributed by atoms with van der Waals surface area (Å²) >= 11 is 0. The Labute approximate surface area is 126 Å². The number of hydrogen-bond acceptors (Lipinski definition) is 3. The molecule has 118 valence electrons. The highest BCUT2D eigenvalue weighted by atomic mass is 16.5. The fourth-order valence-electron chi connectivity index (χ4n) is 2.89. The molecular formula is C15H25N3O3. The number of amides is 3. The van der Waals surface area contributed by atoms with Gasteiger partial charge in [0.05, 0.1) is 7.11 Å². The molecule has 0 unspecified atom stereocenters. The van der Waals surface area contributed by atoms with Gasteiger partial charge >= 0.3 is 12.1 Å². The summed E-state index contributed by atoms with van der Waals surface area (Å²) in [5, 5.41) is 2.83. The molecule has 0 radical (unpaired) electrons. The summed E-state index contributed by atoms with van der Waals surface area (Å²) in [6.45, 7) is 2.12. The lowest BCUT2D eigenvalue weighted by molar-refractivity contribution is 0.0976. The third-order valence-electron chi connectivity index (χ3n) is 4.22. The average molecular weight is 295 g/mol. The molecule has 0 spiro atoms. The van der Waals surface area contributed by atoms with Crippen molar-refractivity contribution in [3.05, 3.63) is 12.3 Å². The van der Waals surface area contributed by atoms with Crippen molar-refractivity contribution < 1.29 is 14.3 Å². The highest BCUT2D eigenvalue weighted by Crippen LogP contribution is 2.24. The van der Waals surface area contributed by atoms with Crippen molar-refractivity contribution in [2.24, 2.45) is 5.92 Å². The molecule has 0 bridgehead atoms. The fourth-order valence-corrected chi connectivity index (χ4v) is 2.89. The SMILES string of the molecule is COC(=O)N1CCN(C(=O)N/C=C/C2CCCCC2)CC1. The Hall–Kier alpha value is -1.72. The maximum atomic E-state index is 12.0. The number of carbonyl (C=O) groups is 2. The second-order valence-electron chi connectivity index (χ2n) is 5.65. The molecule has 21 heavy (non-hydrogen) atoms. The fraction of sp³-hybridized carbons (Fsp3) is 0.733. The van der Waals surface area contributed by atoms with Gasteiger partial charge in [0.15, 0.2) is 0 Å². The summed E-state index contributed by atoms with van der Waals surface area (Å²) in [4.78, 5) is 26.7. The van der Waals surface area contributed by atoms with Crippen LogP contribution in [-0.4, -0.2) is 55.2 Å². The Morgan fingerprint density at radius 1 is 1.05 bits per heavy atom. The zero-order valence-electron chi connectivity index (χ0n) is 12.7. The average Bonchev–Trinajstić information content (AvgIpc) is 2.55. The summed E-state index contributed by atoms with van der Waals surface area (Å²) in [6, 6.07) is -0.0911. The van der Waals surface area contributed by atoms with Crippen LogP contribution in [0.3, 0.4) is 0 Å². The van der Waals surface area contributed by atoms with E-state index in [-0.39, 0.29) is 12.1 Å². The minimum Gasteiger partial charge on any atom is -0.453 e. The molecule has 6 heteroatoms. The molecule has 1 aliphatic heterocycles. The zero-order valence-corrected chi connectivity index (χ0v) is 12.7. The van der Waals surface area contributed by atoms with Gasteiger partial charge in [-0.05, 0) is 18.8 Å². The lowest BCUT2D eigenvalue weighted by Crippen LogP contribution is -2.52. The molecule has 3 amide bonds. The molecule has 1 aliphatic carbocycles. The van der Waals surface area contributed by atoms with Crippen molar-refractivity contribution in [1.82, 2.24) is 15.1 Å². The molecular weight excluding hydrogens is 270 g/mol. The maximum absolute atomic E-state index is 12.0. The number of carbonyl (C=O) groups excluding carboxylic acids is 2. The molecule has 1 saturated carbocycles. The van der Waals surface area contributed by atoms with Gasteiger partial charge in [0.25, 0.3) is 0 Å². The molecule has 2 aliphatic rings. The number of hydrogen-bond donors (Lipinski definition) is 1. The van der Waals surface area contributed by atoms with E-state index in [0.717, 1.165) is 0 Å². The highest BCUT2D eigenvalue weighted by Gasteiger charge is 2.23. The minimum absolute atomic E-state index is 0.0911. The molecule has 0 aromatic heterocycles. The molecule has 1 N–H and O–H groups in total. The minimum atomic E-state index is -0.327. The number of rotatable bonds is 2. The summed E-state index contributed by atoms with van der Waals surface area (Å²) in [5.74, 6) is 0.607. The van der Waals surface area contributed by atoms with E-state index >= 15 is 0 Å². The molecule has 1 heterocycles. The van der Waals surface area contributed by atoms with E-state index in [1.165, 1.54) is 39.2 Å². The summed E-state index contributed by atoms with van der Waals surface area (Å²) in [5.41, 5.74) is 0. The smallest absolute Gasteiger partial charge is 0.409 e. The molecule has 1 saturated heterocycles. The number of nitrogens with one attached hydrogen (secondary N) is 1. The van der Waals surface area contributed by atoms with Gasteiger partial charge in [0.2, 0.25) is 0 Å².